The Bertz CT molecular complexity index is 960. The van der Waals surface area contributed by atoms with Crippen LogP contribution in [0.4, 0.5) is 5.82 Å². The van der Waals surface area contributed by atoms with E-state index in [1.807, 2.05) is 20.8 Å². The Morgan fingerprint density at radius 1 is 1.26 bits per heavy atom. The molecule has 0 saturated carbocycles. The number of hydrogen-bond acceptors (Lipinski definition) is 5. The van der Waals surface area contributed by atoms with Gasteiger partial charge in [-0.05, 0) is 68.7 Å². The molecule has 0 amide bonds. The molecule has 6 heteroatoms. The Kier molecular flexibility index (Phi) is 9.03. The lowest BCUT2D eigenvalue weighted by atomic mass is 10.0. The molecule has 0 unspecified atom stereocenters. The molecular formula is C25H31N3O3. The molecule has 3 rings (SSSR count). The van der Waals surface area contributed by atoms with Crippen molar-refractivity contribution in [2.24, 2.45) is 0 Å². The lowest BCUT2D eigenvalue weighted by Crippen LogP contribution is -2.16. The van der Waals surface area contributed by atoms with Crippen LogP contribution < -0.4 is 15.8 Å². The van der Waals surface area contributed by atoms with Crippen LogP contribution in [0.2, 0.25) is 0 Å². The predicted molar refractivity (Wildman–Crippen MR) is 126 cm³/mol. The molecule has 0 fully saturated rings. The summed E-state index contributed by atoms with van der Waals surface area (Å²) in [6, 6.07) is 9.22. The van der Waals surface area contributed by atoms with E-state index in [-0.39, 0.29) is 11.7 Å². The summed E-state index contributed by atoms with van der Waals surface area (Å²) in [6.07, 6.45) is 8.96. The van der Waals surface area contributed by atoms with E-state index in [4.69, 9.17) is 15.6 Å². The number of rotatable bonds is 8. The van der Waals surface area contributed by atoms with E-state index in [1.165, 1.54) is 29.5 Å². The number of allylic oxidation sites excluding steroid dienone is 4. The van der Waals surface area contributed by atoms with E-state index in [2.05, 4.69) is 53.3 Å². The first-order valence-corrected chi connectivity index (χ1v) is 10.2. The first kappa shape index (κ1) is 23.9. The van der Waals surface area contributed by atoms with Gasteiger partial charge in [0.2, 0.25) is 0 Å². The third kappa shape index (κ3) is 8.48. The minimum atomic E-state index is -0.993. The van der Waals surface area contributed by atoms with E-state index >= 15 is 0 Å². The molecule has 0 aliphatic heterocycles. The molecule has 0 bridgehead atoms. The summed E-state index contributed by atoms with van der Waals surface area (Å²) >= 11 is 0. The Morgan fingerprint density at radius 2 is 2.03 bits per heavy atom. The monoisotopic (exact) mass is 421 g/mol. The highest BCUT2D eigenvalue weighted by atomic mass is 16.5. The number of pyridine rings is 1. The number of hydrogen-bond donors (Lipinski definition) is 3. The quantitative estimate of drug-likeness (QED) is 0.564. The SMILES string of the molecule is C=C(C)c1cc(CNCC2=CC=CC2)cc(OC(C)C)c1.Nc1ccc(C(=O)O)cn1. The number of nitrogens with two attached hydrogens (primary N) is 1. The highest BCUT2D eigenvalue weighted by molar-refractivity contribution is 5.87. The summed E-state index contributed by atoms with van der Waals surface area (Å²) in [5, 5.41) is 11.9. The molecule has 1 aromatic heterocycles. The van der Waals surface area contributed by atoms with Crippen molar-refractivity contribution in [3.63, 3.8) is 0 Å². The van der Waals surface area contributed by atoms with Gasteiger partial charge in [-0.15, -0.1) is 0 Å². The molecule has 4 N–H and O–H groups in total. The summed E-state index contributed by atoms with van der Waals surface area (Å²) in [5.41, 5.74) is 10.2. The maximum absolute atomic E-state index is 10.2. The fraction of sp³-hybridized carbons (Fsp3) is 0.280. The Labute approximate surface area is 184 Å². The zero-order valence-corrected chi connectivity index (χ0v) is 18.4. The van der Waals surface area contributed by atoms with Crippen LogP contribution in [0.5, 0.6) is 5.75 Å². The van der Waals surface area contributed by atoms with E-state index in [1.54, 1.807) is 0 Å². The molecule has 31 heavy (non-hydrogen) atoms. The van der Waals surface area contributed by atoms with Gasteiger partial charge in [0.25, 0.3) is 0 Å². The minimum absolute atomic E-state index is 0.147. The van der Waals surface area contributed by atoms with Crippen LogP contribution in [0.25, 0.3) is 5.57 Å². The zero-order chi connectivity index (χ0) is 22.8. The normalized spacial score (nSPS) is 12.2. The summed E-state index contributed by atoms with van der Waals surface area (Å²) in [4.78, 5) is 13.8. The van der Waals surface area contributed by atoms with Crippen LogP contribution in [0.3, 0.4) is 0 Å². The molecular weight excluding hydrogens is 390 g/mol. The molecule has 1 aliphatic rings. The predicted octanol–water partition coefficient (Wildman–Crippen LogP) is 4.84. The second-order valence-corrected chi connectivity index (χ2v) is 7.65. The van der Waals surface area contributed by atoms with Gasteiger partial charge in [0.15, 0.2) is 0 Å². The average molecular weight is 422 g/mol. The van der Waals surface area contributed by atoms with Crippen LogP contribution in [0.1, 0.15) is 48.7 Å². The van der Waals surface area contributed by atoms with Crippen LogP contribution in [-0.4, -0.2) is 28.7 Å². The van der Waals surface area contributed by atoms with E-state index in [0.29, 0.717) is 5.82 Å². The second-order valence-electron chi connectivity index (χ2n) is 7.65. The van der Waals surface area contributed by atoms with Crippen molar-refractivity contribution >= 4 is 17.4 Å². The van der Waals surface area contributed by atoms with Gasteiger partial charge in [0.1, 0.15) is 11.6 Å². The van der Waals surface area contributed by atoms with Gasteiger partial charge >= 0.3 is 5.97 Å². The van der Waals surface area contributed by atoms with Crippen molar-refractivity contribution in [1.82, 2.24) is 10.3 Å². The largest absolute Gasteiger partial charge is 0.491 e. The lowest BCUT2D eigenvalue weighted by molar-refractivity contribution is 0.0696. The lowest BCUT2D eigenvalue weighted by Gasteiger charge is -2.14. The molecule has 2 aromatic rings. The standard InChI is InChI=1S/C19H25NO.C6H6N2O2/c1-14(2)18-9-17(10-19(11-18)21-15(3)4)13-20-12-16-7-5-6-8-16;7-5-2-1-4(3-8-5)6(9)10/h5-7,9-11,15,20H,1,8,12-13H2,2-4H3;1-3H,(H2,7,8)(H,9,10). The molecule has 0 radical (unpaired) electrons. The van der Waals surface area contributed by atoms with Gasteiger partial charge in [0, 0.05) is 19.3 Å². The molecule has 1 aliphatic carbocycles. The molecule has 0 saturated heterocycles. The van der Waals surface area contributed by atoms with Crippen LogP contribution in [0.15, 0.2) is 66.9 Å². The number of carbonyl (C=O) groups is 1. The molecule has 0 spiro atoms. The first-order valence-electron chi connectivity index (χ1n) is 10.2. The smallest absolute Gasteiger partial charge is 0.337 e. The number of benzene rings is 1. The van der Waals surface area contributed by atoms with Gasteiger partial charge in [0.05, 0.1) is 11.7 Å². The van der Waals surface area contributed by atoms with Gasteiger partial charge in [-0.25, -0.2) is 9.78 Å². The number of nitrogens with zero attached hydrogens (tertiary/aromatic N) is 1. The van der Waals surface area contributed by atoms with Crippen LogP contribution >= 0.6 is 0 Å². The van der Waals surface area contributed by atoms with Crippen molar-refractivity contribution < 1.29 is 14.6 Å². The van der Waals surface area contributed by atoms with Crippen molar-refractivity contribution in [3.05, 3.63) is 83.6 Å². The third-order valence-electron chi connectivity index (χ3n) is 4.39. The Hall–Kier alpha value is -3.38. The summed E-state index contributed by atoms with van der Waals surface area (Å²) in [7, 11) is 0. The molecule has 6 nitrogen and oxygen atoms in total. The number of nitrogen functional groups attached to an aromatic ring is 1. The minimum Gasteiger partial charge on any atom is -0.491 e. The molecule has 1 aromatic carbocycles. The zero-order valence-electron chi connectivity index (χ0n) is 18.4. The Balaban J connectivity index is 0.000000285. The number of nitrogens with one attached hydrogen (secondary N) is 1. The number of aromatic nitrogens is 1. The number of carboxylic acids is 1. The number of aromatic carboxylic acids is 1. The highest BCUT2D eigenvalue weighted by Crippen LogP contribution is 2.23. The molecule has 164 valence electrons. The van der Waals surface area contributed by atoms with Crippen LogP contribution in [-0.2, 0) is 6.54 Å². The topological polar surface area (TPSA) is 97.5 Å². The first-order chi connectivity index (χ1) is 14.7. The molecule has 0 atom stereocenters. The summed E-state index contributed by atoms with van der Waals surface area (Å²) in [5.74, 6) is 0.251. The van der Waals surface area contributed by atoms with Gasteiger partial charge in [-0.3, -0.25) is 0 Å². The van der Waals surface area contributed by atoms with E-state index < -0.39 is 5.97 Å². The Morgan fingerprint density at radius 3 is 2.58 bits per heavy atom. The number of anilines is 1. The second kappa shape index (κ2) is 11.7. The van der Waals surface area contributed by atoms with Crippen molar-refractivity contribution in [2.75, 3.05) is 12.3 Å². The van der Waals surface area contributed by atoms with E-state index in [9.17, 15) is 4.79 Å². The maximum Gasteiger partial charge on any atom is 0.337 e. The van der Waals surface area contributed by atoms with Gasteiger partial charge in [-0.1, -0.05) is 36.0 Å². The number of carboxylic acid groups (broad SMARTS) is 1. The maximum atomic E-state index is 10.2. The fourth-order valence-corrected chi connectivity index (χ4v) is 2.87. The van der Waals surface area contributed by atoms with E-state index in [0.717, 1.165) is 36.4 Å². The van der Waals surface area contributed by atoms with Gasteiger partial charge < -0.3 is 20.9 Å². The third-order valence-corrected chi connectivity index (χ3v) is 4.39. The van der Waals surface area contributed by atoms with Crippen molar-refractivity contribution in [3.8, 4) is 5.75 Å². The molecule has 1 heterocycles. The van der Waals surface area contributed by atoms with Crippen molar-refractivity contribution in [1.29, 1.82) is 0 Å². The highest BCUT2D eigenvalue weighted by Gasteiger charge is 2.06. The van der Waals surface area contributed by atoms with Crippen LogP contribution in [0, 0.1) is 0 Å². The average Bonchev–Trinajstić information content (AvgIpc) is 3.21. The fourth-order valence-electron chi connectivity index (χ4n) is 2.87. The van der Waals surface area contributed by atoms with Crippen molar-refractivity contribution in [2.45, 2.75) is 39.8 Å². The number of ether oxygens (including phenoxy) is 1. The summed E-state index contributed by atoms with van der Waals surface area (Å²) < 4.78 is 5.84. The van der Waals surface area contributed by atoms with Gasteiger partial charge in [-0.2, -0.15) is 0 Å². The summed E-state index contributed by atoms with van der Waals surface area (Å²) in [6.45, 7) is 11.9.